The number of sulfone groups is 1. The van der Waals surface area contributed by atoms with Crippen molar-refractivity contribution in [3.05, 3.63) is 0 Å². The molecule has 0 amide bonds. The van der Waals surface area contributed by atoms with E-state index in [-0.39, 0.29) is 11.3 Å². The first kappa shape index (κ1) is 15.2. The molecule has 1 N–H and O–H groups in total. The van der Waals surface area contributed by atoms with Gasteiger partial charge in [0.2, 0.25) is 0 Å². The van der Waals surface area contributed by atoms with Gasteiger partial charge in [0, 0.05) is 24.9 Å². The lowest BCUT2D eigenvalue weighted by molar-refractivity contribution is -0.0763. The van der Waals surface area contributed by atoms with Gasteiger partial charge in [0.25, 0.3) is 0 Å². The molecule has 1 unspecified atom stereocenters. The second-order valence-corrected chi connectivity index (χ2v) is 8.10. The van der Waals surface area contributed by atoms with Crippen LogP contribution in [0.4, 0.5) is 0 Å². The number of ether oxygens (including phenoxy) is 1. The number of aliphatic hydroxyl groups excluding tert-OH is 1. The second kappa shape index (κ2) is 6.08. The fourth-order valence-corrected chi connectivity index (χ4v) is 4.10. The summed E-state index contributed by atoms with van der Waals surface area (Å²) in [5, 5.41) is 10.6. The fourth-order valence-electron chi connectivity index (χ4n) is 3.45. The van der Waals surface area contributed by atoms with Crippen molar-refractivity contribution in [1.82, 2.24) is 4.90 Å². The second-order valence-electron chi connectivity index (χ2n) is 5.84. The first-order valence-electron chi connectivity index (χ1n) is 7.13. The van der Waals surface area contributed by atoms with E-state index in [1.807, 2.05) is 0 Å². The zero-order chi connectivity index (χ0) is 13.9. The molecular formula is C13H25NO4S. The first-order chi connectivity index (χ1) is 8.94. The van der Waals surface area contributed by atoms with Gasteiger partial charge in [-0.2, -0.15) is 0 Å². The standard InChI is InChI=1S/C13H25NO4S/c1-19(16,17)11-4-12(15)13(5-2-3-6-13)14-7-9-18-10-8-14/h12,15H,2-11H2,1H3. The number of hydrogen-bond acceptors (Lipinski definition) is 5. The highest BCUT2D eigenvalue weighted by atomic mass is 32.2. The van der Waals surface area contributed by atoms with Crippen molar-refractivity contribution in [3.63, 3.8) is 0 Å². The third-order valence-electron chi connectivity index (χ3n) is 4.49. The molecule has 0 spiro atoms. The van der Waals surface area contributed by atoms with Crippen molar-refractivity contribution in [2.75, 3.05) is 38.3 Å². The molecule has 0 radical (unpaired) electrons. The topological polar surface area (TPSA) is 66.8 Å². The maximum Gasteiger partial charge on any atom is 0.147 e. The summed E-state index contributed by atoms with van der Waals surface area (Å²) in [6.07, 6.45) is 5.20. The minimum absolute atomic E-state index is 0.0697. The van der Waals surface area contributed by atoms with Crippen LogP contribution in [0.25, 0.3) is 0 Å². The van der Waals surface area contributed by atoms with Crippen LogP contribution in [0, 0.1) is 0 Å². The van der Waals surface area contributed by atoms with Crippen LogP contribution in [0.2, 0.25) is 0 Å². The van der Waals surface area contributed by atoms with Crippen molar-refractivity contribution in [1.29, 1.82) is 0 Å². The summed E-state index contributed by atoms with van der Waals surface area (Å²) in [6, 6.07) is 0. The Labute approximate surface area is 115 Å². The zero-order valence-electron chi connectivity index (χ0n) is 11.7. The van der Waals surface area contributed by atoms with Crippen molar-refractivity contribution >= 4 is 9.84 Å². The largest absolute Gasteiger partial charge is 0.391 e. The SMILES string of the molecule is CS(=O)(=O)CCC(O)C1(N2CCOCC2)CCCC1. The highest BCUT2D eigenvalue weighted by Gasteiger charge is 2.45. The Bertz CT molecular complexity index is 383. The van der Waals surface area contributed by atoms with E-state index in [2.05, 4.69) is 4.90 Å². The smallest absolute Gasteiger partial charge is 0.147 e. The molecular weight excluding hydrogens is 266 g/mol. The van der Waals surface area contributed by atoms with E-state index in [1.54, 1.807) is 0 Å². The summed E-state index contributed by atoms with van der Waals surface area (Å²) in [5.74, 6) is 0.0697. The van der Waals surface area contributed by atoms with Crippen LogP contribution in [0.1, 0.15) is 32.1 Å². The summed E-state index contributed by atoms with van der Waals surface area (Å²) < 4.78 is 28.0. The van der Waals surface area contributed by atoms with Crippen LogP contribution in [0.15, 0.2) is 0 Å². The molecule has 1 heterocycles. The Morgan fingerprint density at radius 1 is 1.26 bits per heavy atom. The number of aliphatic hydroxyl groups is 1. The van der Waals surface area contributed by atoms with Gasteiger partial charge in [-0.3, -0.25) is 4.90 Å². The number of morpholine rings is 1. The van der Waals surface area contributed by atoms with Gasteiger partial charge in [0.1, 0.15) is 9.84 Å². The number of hydrogen-bond donors (Lipinski definition) is 1. The molecule has 6 heteroatoms. The van der Waals surface area contributed by atoms with Crippen LogP contribution < -0.4 is 0 Å². The Morgan fingerprint density at radius 3 is 2.37 bits per heavy atom. The van der Waals surface area contributed by atoms with Crippen molar-refractivity contribution in [3.8, 4) is 0 Å². The van der Waals surface area contributed by atoms with E-state index >= 15 is 0 Å². The lowest BCUT2D eigenvalue weighted by Gasteiger charge is -2.46. The summed E-state index contributed by atoms with van der Waals surface area (Å²) in [7, 11) is -3.01. The Hall–Kier alpha value is -0.170. The van der Waals surface area contributed by atoms with Gasteiger partial charge in [0.15, 0.2) is 0 Å². The van der Waals surface area contributed by atoms with E-state index in [0.29, 0.717) is 19.6 Å². The molecule has 1 atom stereocenters. The van der Waals surface area contributed by atoms with Crippen molar-refractivity contribution in [2.24, 2.45) is 0 Å². The molecule has 19 heavy (non-hydrogen) atoms. The van der Waals surface area contributed by atoms with Gasteiger partial charge >= 0.3 is 0 Å². The highest BCUT2D eigenvalue weighted by molar-refractivity contribution is 7.90. The molecule has 0 aromatic heterocycles. The fraction of sp³-hybridized carbons (Fsp3) is 1.00. The van der Waals surface area contributed by atoms with E-state index < -0.39 is 15.9 Å². The van der Waals surface area contributed by atoms with E-state index in [9.17, 15) is 13.5 Å². The van der Waals surface area contributed by atoms with E-state index in [0.717, 1.165) is 38.8 Å². The van der Waals surface area contributed by atoms with E-state index in [4.69, 9.17) is 4.74 Å². The Morgan fingerprint density at radius 2 is 1.84 bits per heavy atom. The molecule has 0 bridgehead atoms. The summed E-state index contributed by atoms with van der Waals surface area (Å²) in [6.45, 7) is 3.10. The minimum atomic E-state index is -3.01. The summed E-state index contributed by atoms with van der Waals surface area (Å²) in [4.78, 5) is 2.33. The van der Waals surface area contributed by atoms with Crippen LogP contribution in [0.5, 0.6) is 0 Å². The number of rotatable bonds is 5. The molecule has 1 saturated heterocycles. The van der Waals surface area contributed by atoms with Gasteiger partial charge in [-0.1, -0.05) is 12.8 Å². The van der Waals surface area contributed by atoms with Gasteiger partial charge in [0.05, 0.1) is 25.1 Å². The van der Waals surface area contributed by atoms with E-state index in [1.165, 1.54) is 6.26 Å². The lowest BCUT2D eigenvalue weighted by Crippen LogP contribution is -2.58. The average Bonchev–Trinajstić information content (AvgIpc) is 2.87. The highest BCUT2D eigenvalue weighted by Crippen LogP contribution is 2.39. The Kier molecular flexibility index (Phi) is 4.87. The Balaban J connectivity index is 2.05. The van der Waals surface area contributed by atoms with Crippen molar-refractivity contribution < 1.29 is 18.3 Å². The van der Waals surface area contributed by atoms with Crippen LogP contribution in [-0.4, -0.2) is 68.4 Å². The molecule has 1 aliphatic heterocycles. The van der Waals surface area contributed by atoms with Crippen LogP contribution in [0.3, 0.4) is 0 Å². The van der Waals surface area contributed by atoms with Gasteiger partial charge in [-0.25, -0.2) is 8.42 Å². The predicted molar refractivity (Wildman–Crippen MR) is 73.9 cm³/mol. The minimum Gasteiger partial charge on any atom is -0.391 e. The predicted octanol–water partition coefficient (Wildman–Crippen LogP) is 0.427. The summed E-state index contributed by atoms with van der Waals surface area (Å²) >= 11 is 0. The van der Waals surface area contributed by atoms with Crippen LogP contribution >= 0.6 is 0 Å². The molecule has 0 aromatic rings. The molecule has 1 aliphatic carbocycles. The molecule has 5 nitrogen and oxygen atoms in total. The van der Waals surface area contributed by atoms with Gasteiger partial charge in [-0.05, 0) is 19.3 Å². The summed E-state index contributed by atoms with van der Waals surface area (Å²) in [5.41, 5.74) is -0.214. The van der Waals surface area contributed by atoms with Crippen LogP contribution in [-0.2, 0) is 14.6 Å². The third-order valence-corrected chi connectivity index (χ3v) is 5.47. The molecule has 2 rings (SSSR count). The molecule has 2 fully saturated rings. The normalized spacial score (nSPS) is 26.4. The maximum absolute atomic E-state index is 11.3. The molecule has 112 valence electrons. The first-order valence-corrected chi connectivity index (χ1v) is 9.19. The molecule has 1 saturated carbocycles. The van der Waals surface area contributed by atoms with Gasteiger partial charge < -0.3 is 9.84 Å². The maximum atomic E-state index is 11.3. The zero-order valence-corrected chi connectivity index (χ0v) is 12.5. The number of nitrogens with zero attached hydrogens (tertiary/aromatic N) is 1. The average molecular weight is 291 g/mol. The molecule has 2 aliphatic rings. The monoisotopic (exact) mass is 291 g/mol. The lowest BCUT2D eigenvalue weighted by atomic mass is 9.86. The quantitative estimate of drug-likeness (QED) is 0.795. The third kappa shape index (κ3) is 3.68. The van der Waals surface area contributed by atoms with Crippen molar-refractivity contribution in [2.45, 2.75) is 43.7 Å². The van der Waals surface area contributed by atoms with Gasteiger partial charge in [-0.15, -0.1) is 0 Å². The molecule has 0 aromatic carbocycles.